The van der Waals surface area contributed by atoms with Crippen LogP contribution in [0.15, 0.2) is 12.3 Å². The number of carbonyl (C=O) groups is 1. The standard InChI is InChI=1S/C13H16Cl2N2O2/c1-2-19-13(18)8-17(10-3-4-10)7-9-6-16-12(15)5-11(9)14/h5-6,10H,2-4,7-8H2,1H3. The fraction of sp³-hybridized carbons (Fsp3) is 0.538. The van der Waals surface area contributed by atoms with E-state index in [0.29, 0.717) is 29.4 Å². The summed E-state index contributed by atoms with van der Waals surface area (Å²) in [5.41, 5.74) is 0.877. The summed E-state index contributed by atoms with van der Waals surface area (Å²) in [5.74, 6) is -0.201. The molecule has 0 radical (unpaired) electrons. The van der Waals surface area contributed by atoms with Crippen LogP contribution in [0, 0.1) is 0 Å². The molecule has 0 saturated heterocycles. The molecule has 0 atom stereocenters. The van der Waals surface area contributed by atoms with Gasteiger partial charge in [-0.15, -0.1) is 0 Å². The summed E-state index contributed by atoms with van der Waals surface area (Å²) in [6.45, 7) is 3.09. The van der Waals surface area contributed by atoms with E-state index >= 15 is 0 Å². The second-order valence-electron chi connectivity index (χ2n) is 4.54. The lowest BCUT2D eigenvalue weighted by Gasteiger charge is -2.21. The highest BCUT2D eigenvalue weighted by molar-refractivity contribution is 6.34. The van der Waals surface area contributed by atoms with Gasteiger partial charge in [-0.1, -0.05) is 23.2 Å². The van der Waals surface area contributed by atoms with Crippen molar-refractivity contribution in [1.82, 2.24) is 9.88 Å². The van der Waals surface area contributed by atoms with E-state index < -0.39 is 0 Å². The molecule has 1 heterocycles. The van der Waals surface area contributed by atoms with Crippen molar-refractivity contribution in [2.75, 3.05) is 13.2 Å². The Hall–Kier alpha value is -0.840. The van der Waals surface area contributed by atoms with Gasteiger partial charge in [-0.2, -0.15) is 0 Å². The van der Waals surface area contributed by atoms with Crippen molar-refractivity contribution in [3.8, 4) is 0 Å². The Balaban J connectivity index is 2.02. The van der Waals surface area contributed by atoms with Crippen LogP contribution in [0.2, 0.25) is 10.2 Å². The highest BCUT2D eigenvalue weighted by Gasteiger charge is 2.31. The molecule has 0 spiro atoms. The fourth-order valence-corrected chi connectivity index (χ4v) is 2.32. The molecule has 0 aliphatic heterocycles. The van der Waals surface area contributed by atoms with Crippen LogP contribution in [0.1, 0.15) is 25.3 Å². The third-order valence-corrected chi connectivity index (χ3v) is 3.53. The first-order valence-electron chi connectivity index (χ1n) is 6.29. The molecule has 1 aromatic rings. The summed E-state index contributed by atoms with van der Waals surface area (Å²) in [4.78, 5) is 17.7. The average molecular weight is 303 g/mol. The minimum atomic E-state index is -0.201. The molecule has 0 unspecified atom stereocenters. The maximum absolute atomic E-state index is 11.6. The second-order valence-corrected chi connectivity index (χ2v) is 5.33. The van der Waals surface area contributed by atoms with Crippen molar-refractivity contribution >= 4 is 29.2 Å². The molecule has 1 fully saturated rings. The largest absolute Gasteiger partial charge is 0.465 e. The summed E-state index contributed by atoms with van der Waals surface area (Å²) in [6, 6.07) is 2.06. The van der Waals surface area contributed by atoms with Crippen molar-refractivity contribution in [2.45, 2.75) is 32.4 Å². The number of carbonyl (C=O) groups excluding carboxylic acids is 1. The van der Waals surface area contributed by atoms with Gasteiger partial charge in [-0.3, -0.25) is 9.69 Å². The Morgan fingerprint density at radius 3 is 2.84 bits per heavy atom. The molecule has 1 aliphatic rings. The Bertz CT molecular complexity index is 464. The van der Waals surface area contributed by atoms with E-state index in [2.05, 4.69) is 9.88 Å². The molecule has 2 rings (SSSR count). The molecule has 4 nitrogen and oxygen atoms in total. The summed E-state index contributed by atoms with van der Waals surface area (Å²) in [7, 11) is 0. The van der Waals surface area contributed by atoms with Gasteiger partial charge in [0, 0.05) is 29.4 Å². The number of pyridine rings is 1. The Kier molecular flexibility index (Phi) is 5.02. The summed E-state index contributed by atoms with van der Waals surface area (Å²) >= 11 is 11.9. The molecule has 1 saturated carbocycles. The maximum Gasteiger partial charge on any atom is 0.320 e. The fourth-order valence-electron chi connectivity index (χ4n) is 1.90. The van der Waals surface area contributed by atoms with Gasteiger partial charge in [0.25, 0.3) is 0 Å². The van der Waals surface area contributed by atoms with Crippen LogP contribution in [0.5, 0.6) is 0 Å². The van der Waals surface area contributed by atoms with E-state index in [1.807, 2.05) is 0 Å². The minimum absolute atomic E-state index is 0.201. The van der Waals surface area contributed by atoms with Gasteiger partial charge >= 0.3 is 5.97 Å². The first kappa shape index (κ1) is 14.6. The molecule has 0 bridgehead atoms. The number of hydrogen-bond donors (Lipinski definition) is 0. The van der Waals surface area contributed by atoms with E-state index in [1.165, 1.54) is 0 Å². The summed E-state index contributed by atoms with van der Waals surface area (Å²) in [5, 5.41) is 0.951. The quantitative estimate of drug-likeness (QED) is 0.598. The van der Waals surface area contributed by atoms with Gasteiger partial charge in [0.2, 0.25) is 0 Å². The zero-order valence-electron chi connectivity index (χ0n) is 10.7. The van der Waals surface area contributed by atoms with Crippen molar-refractivity contribution in [3.05, 3.63) is 28.0 Å². The average Bonchev–Trinajstić information content (AvgIpc) is 3.16. The number of hydrogen-bond acceptors (Lipinski definition) is 4. The van der Waals surface area contributed by atoms with Gasteiger partial charge in [-0.05, 0) is 25.8 Å². The molecule has 104 valence electrons. The highest BCUT2D eigenvalue weighted by Crippen LogP contribution is 2.29. The Morgan fingerprint density at radius 1 is 1.53 bits per heavy atom. The van der Waals surface area contributed by atoms with Gasteiger partial charge in [0.15, 0.2) is 0 Å². The smallest absolute Gasteiger partial charge is 0.320 e. The Morgan fingerprint density at radius 2 is 2.26 bits per heavy atom. The molecule has 6 heteroatoms. The van der Waals surface area contributed by atoms with Gasteiger partial charge in [0.1, 0.15) is 5.15 Å². The predicted molar refractivity (Wildman–Crippen MR) is 74.3 cm³/mol. The van der Waals surface area contributed by atoms with E-state index in [4.69, 9.17) is 27.9 Å². The van der Waals surface area contributed by atoms with E-state index in [1.54, 1.807) is 19.2 Å². The van der Waals surface area contributed by atoms with Crippen molar-refractivity contribution < 1.29 is 9.53 Å². The number of ether oxygens (including phenoxy) is 1. The number of nitrogens with zero attached hydrogens (tertiary/aromatic N) is 2. The molecule has 0 N–H and O–H groups in total. The SMILES string of the molecule is CCOC(=O)CN(Cc1cnc(Cl)cc1Cl)C1CC1. The van der Waals surface area contributed by atoms with Crippen LogP contribution in [-0.2, 0) is 16.1 Å². The first-order chi connectivity index (χ1) is 9.10. The monoisotopic (exact) mass is 302 g/mol. The normalized spacial score (nSPS) is 14.7. The zero-order chi connectivity index (χ0) is 13.8. The molecule has 0 amide bonds. The third kappa shape index (κ3) is 4.34. The van der Waals surface area contributed by atoms with E-state index in [-0.39, 0.29) is 12.5 Å². The molecular formula is C13H16Cl2N2O2. The van der Waals surface area contributed by atoms with Crippen molar-refractivity contribution in [3.63, 3.8) is 0 Å². The number of aromatic nitrogens is 1. The third-order valence-electron chi connectivity index (χ3n) is 2.97. The molecule has 1 aliphatic carbocycles. The summed E-state index contributed by atoms with van der Waals surface area (Å²) in [6.07, 6.45) is 3.88. The van der Waals surface area contributed by atoms with Crippen LogP contribution >= 0.6 is 23.2 Å². The van der Waals surface area contributed by atoms with E-state index in [0.717, 1.165) is 18.4 Å². The van der Waals surface area contributed by atoms with Crippen LogP contribution in [0.25, 0.3) is 0 Å². The summed E-state index contributed by atoms with van der Waals surface area (Å²) < 4.78 is 4.99. The number of halogens is 2. The minimum Gasteiger partial charge on any atom is -0.465 e. The zero-order valence-corrected chi connectivity index (χ0v) is 12.2. The van der Waals surface area contributed by atoms with Crippen molar-refractivity contribution in [1.29, 1.82) is 0 Å². The second kappa shape index (κ2) is 6.55. The predicted octanol–water partition coefficient (Wildman–Crippen LogP) is 2.92. The lowest BCUT2D eigenvalue weighted by atomic mass is 10.2. The number of esters is 1. The molecule has 0 aromatic carbocycles. The maximum atomic E-state index is 11.6. The first-order valence-corrected chi connectivity index (χ1v) is 7.05. The lowest BCUT2D eigenvalue weighted by Crippen LogP contribution is -2.32. The van der Waals surface area contributed by atoms with Gasteiger partial charge < -0.3 is 4.74 Å². The van der Waals surface area contributed by atoms with E-state index in [9.17, 15) is 4.79 Å². The molecular weight excluding hydrogens is 287 g/mol. The van der Waals surface area contributed by atoms with Gasteiger partial charge in [-0.25, -0.2) is 4.98 Å². The van der Waals surface area contributed by atoms with Crippen LogP contribution in [-0.4, -0.2) is 35.0 Å². The molecule has 1 aromatic heterocycles. The van der Waals surface area contributed by atoms with Crippen molar-refractivity contribution in [2.24, 2.45) is 0 Å². The van der Waals surface area contributed by atoms with Crippen LogP contribution in [0.4, 0.5) is 0 Å². The number of rotatable bonds is 6. The highest BCUT2D eigenvalue weighted by atomic mass is 35.5. The lowest BCUT2D eigenvalue weighted by molar-refractivity contribution is -0.144. The van der Waals surface area contributed by atoms with Gasteiger partial charge in [0.05, 0.1) is 13.2 Å². The topological polar surface area (TPSA) is 42.4 Å². The Labute approximate surface area is 122 Å². The van der Waals surface area contributed by atoms with Crippen LogP contribution < -0.4 is 0 Å². The van der Waals surface area contributed by atoms with Crippen LogP contribution in [0.3, 0.4) is 0 Å². The molecule has 19 heavy (non-hydrogen) atoms.